The summed E-state index contributed by atoms with van der Waals surface area (Å²) in [6, 6.07) is 9.44. The number of methoxy groups -OCH3 is 1. The second-order valence-electron chi connectivity index (χ2n) is 4.05. The Hall–Kier alpha value is -2.25. The molecule has 0 amide bonds. The Morgan fingerprint density at radius 2 is 2.05 bits per heavy atom. The molecule has 0 bridgehead atoms. The van der Waals surface area contributed by atoms with Crippen LogP contribution in [0.25, 0.3) is 0 Å². The highest BCUT2D eigenvalue weighted by Gasteiger charge is 2.03. The maximum atomic E-state index is 11.3. The summed E-state index contributed by atoms with van der Waals surface area (Å²) >= 11 is 0. The fraction of sp³-hybridized carbons (Fsp3) is 0.353. The Labute approximate surface area is 125 Å². The quantitative estimate of drug-likeness (QED) is 0.439. The lowest BCUT2D eigenvalue weighted by atomic mass is 10.2. The van der Waals surface area contributed by atoms with Crippen LogP contribution in [-0.2, 0) is 14.3 Å². The minimum absolute atomic E-state index is 0.141. The van der Waals surface area contributed by atoms with Gasteiger partial charge >= 0.3 is 5.97 Å². The van der Waals surface area contributed by atoms with Crippen LogP contribution in [0.1, 0.15) is 13.3 Å². The zero-order chi connectivity index (χ0) is 15.3. The van der Waals surface area contributed by atoms with E-state index in [1.165, 1.54) is 7.11 Å². The van der Waals surface area contributed by atoms with E-state index in [1.54, 1.807) is 6.08 Å². The summed E-state index contributed by atoms with van der Waals surface area (Å²) in [6.07, 6.45) is 1.93. The van der Waals surface area contributed by atoms with Crippen molar-refractivity contribution >= 4 is 5.97 Å². The molecular formula is C17H20O4. The van der Waals surface area contributed by atoms with Gasteiger partial charge in [0.1, 0.15) is 12.4 Å². The minimum atomic E-state index is -0.323. The molecule has 0 aliphatic rings. The van der Waals surface area contributed by atoms with Crippen LogP contribution in [0.2, 0.25) is 0 Å². The van der Waals surface area contributed by atoms with Crippen molar-refractivity contribution in [2.45, 2.75) is 13.3 Å². The van der Waals surface area contributed by atoms with Crippen LogP contribution in [0.15, 0.2) is 42.0 Å². The second-order valence-corrected chi connectivity index (χ2v) is 4.05. The maximum absolute atomic E-state index is 11.3. The van der Waals surface area contributed by atoms with Crippen LogP contribution in [0.4, 0.5) is 0 Å². The zero-order valence-electron chi connectivity index (χ0n) is 12.4. The second kappa shape index (κ2) is 10.5. The molecule has 0 N–H and O–H groups in total. The number of hydrogen-bond acceptors (Lipinski definition) is 4. The van der Waals surface area contributed by atoms with E-state index < -0.39 is 0 Å². The van der Waals surface area contributed by atoms with E-state index in [0.717, 1.165) is 5.75 Å². The van der Waals surface area contributed by atoms with Crippen molar-refractivity contribution in [3.05, 3.63) is 42.0 Å². The third kappa shape index (κ3) is 7.81. The first-order chi connectivity index (χ1) is 10.3. The molecule has 21 heavy (non-hydrogen) atoms. The predicted molar refractivity (Wildman–Crippen MR) is 80.9 cm³/mol. The van der Waals surface area contributed by atoms with Crippen LogP contribution >= 0.6 is 0 Å². The monoisotopic (exact) mass is 288 g/mol. The molecule has 112 valence electrons. The Morgan fingerprint density at radius 1 is 1.29 bits per heavy atom. The molecule has 1 aromatic carbocycles. The normalized spacial score (nSPS) is 10.5. The van der Waals surface area contributed by atoms with E-state index in [2.05, 4.69) is 16.6 Å². The van der Waals surface area contributed by atoms with E-state index in [-0.39, 0.29) is 19.0 Å². The van der Waals surface area contributed by atoms with E-state index in [1.807, 2.05) is 37.3 Å². The van der Waals surface area contributed by atoms with Crippen molar-refractivity contribution in [2.24, 2.45) is 0 Å². The lowest BCUT2D eigenvalue weighted by molar-refractivity contribution is -0.139. The molecule has 0 heterocycles. The highest BCUT2D eigenvalue weighted by Crippen LogP contribution is 2.07. The summed E-state index contributed by atoms with van der Waals surface area (Å²) in [6.45, 7) is 3.22. The van der Waals surface area contributed by atoms with Crippen LogP contribution in [0.5, 0.6) is 5.75 Å². The molecule has 1 aromatic rings. The summed E-state index contributed by atoms with van der Waals surface area (Å²) in [5.74, 6) is 6.25. The SMILES string of the molecule is CCOC/C=C(\C#CCOc1ccccc1)CC(=O)OC. The van der Waals surface area contributed by atoms with Gasteiger partial charge in [-0.05, 0) is 25.1 Å². The summed E-state index contributed by atoms with van der Waals surface area (Å²) in [5, 5.41) is 0. The highest BCUT2D eigenvalue weighted by molar-refractivity contribution is 5.73. The molecule has 0 aliphatic heterocycles. The van der Waals surface area contributed by atoms with Gasteiger partial charge in [-0.15, -0.1) is 0 Å². The number of ether oxygens (including phenoxy) is 3. The molecule has 0 radical (unpaired) electrons. The Morgan fingerprint density at radius 3 is 2.71 bits per heavy atom. The molecule has 0 saturated carbocycles. The fourth-order valence-electron chi connectivity index (χ4n) is 1.46. The van der Waals surface area contributed by atoms with Gasteiger partial charge in [0.05, 0.1) is 20.1 Å². The first-order valence-electron chi connectivity index (χ1n) is 6.76. The zero-order valence-corrected chi connectivity index (χ0v) is 12.4. The summed E-state index contributed by atoms with van der Waals surface area (Å²) in [4.78, 5) is 11.3. The molecule has 1 rings (SSSR count). The van der Waals surface area contributed by atoms with Crippen LogP contribution < -0.4 is 4.74 Å². The smallest absolute Gasteiger partial charge is 0.310 e. The molecule has 0 aliphatic carbocycles. The third-order valence-electron chi connectivity index (χ3n) is 2.52. The fourth-order valence-corrected chi connectivity index (χ4v) is 1.46. The standard InChI is InChI=1S/C17H20O4/c1-3-20-13-11-15(14-17(18)19-2)8-7-12-21-16-9-5-4-6-10-16/h4-6,9-11H,3,12-14H2,1-2H3/b15-11+. The van der Waals surface area contributed by atoms with Gasteiger partial charge in [-0.2, -0.15) is 0 Å². The van der Waals surface area contributed by atoms with Crippen molar-refractivity contribution in [3.63, 3.8) is 0 Å². The van der Waals surface area contributed by atoms with Crippen molar-refractivity contribution in [1.29, 1.82) is 0 Å². The molecular weight excluding hydrogens is 268 g/mol. The first kappa shape index (κ1) is 16.8. The largest absolute Gasteiger partial charge is 0.481 e. The third-order valence-corrected chi connectivity index (χ3v) is 2.52. The van der Waals surface area contributed by atoms with Gasteiger partial charge < -0.3 is 14.2 Å². The molecule has 4 heteroatoms. The van der Waals surface area contributed by atoms with Gasteiger partial charge in [0.15, 0.2) is 0 Å². The summed E-state index contributed by atoms with van der Waals surface area (Å²) in [7, 11) is 1.36. The first-order valence-corrected chi connectivity index (χ1v) is 6.76. The van der Waals surface area contributed by atoms with Crippen LogP contribution in [0, 0.1) is 11.8 Å². The van der Waals surface area contributed by atoms with Crippen molar-refractivity contribution < 1.29 is 19.0 Å². The lowest BCUT2D eigenvalue weighted by Crippen LogP contribution is -2.02. The topological polar surface area (TPSA) is 44.8 Å². The van der Waals surface area contributed by atoms with E-state index >= 15 is 0 Å². The summed E-state index contributed by atoms with van der Waals surface area (Å²) < 4.78 is 15.3. The molecule has 0 unspecified atom stereocenters. The van der Waals surface area contributed by atoms with Gasteiger partial charge in [-0.25, -0.2) is 0 Å². The number of carbonyl (C=O) groups excluding carboxylic acids is 1. The highest BCUT2D eigenvalue weighted by atomic mass is 16.5. The minimum Gasteiger partial charge on any atom is -0.481 e. The van der Waals surface area contributed by atoms with Crippen LogP contribution in [-0.4, -0.2) is 32.9 Å². The lowest BCUT2D eigenvalue weighted by Gasteiger charge is -2.01. The number of rotatable bonds is 7. The molecule has 0 aromatic heterocycles. The van der Waals surface area contributed by atoms with Gasteiger partial charge in [0.2, 0.25) is 0 Å². The van der Waals surface area contributed by atoms with E-state index in [9.17, 15) is 4.79 Å². The van der Waals surface area contributed by atoms with Crippen molar-refractivity contribution in [2.75, 3.05) is 26.9 Å². The number of hydrogen-bond donors (Lipinski definition) is 0. The molecule has 0 fully saturated rings. The maximum Gasteiger partial charge on any atom is 0.310 e. The Kier molecular flexibility index (Phi) is 8.42. The van der Waals surface area contributed by atoms with E-state index in [0.29, 0.717) is 18.8 Å². The molecule has 0 spiro atoms. The number of esters is 1. The number of carbonyl (C=O) groups is 1. The number of benzene rings is 1. The van der Waals surface area contributed by atoms with Crippen molar-refractivity contribution in [3.8, 4) is 17.6 Å². The average Bonchev–Trinajstić information content (AvgIpc) is 2.52. The predicted octanol–water partition coefficient (Wildman–Crippen LogP) is 2.59. The number of para-hydroxylation sites is 1. The molecule has 0 atom stereocenters. The molecule has 0 saturated heterocycles. The average molecular weight is 288 g/mol. The van der Waals surface area contributed by atoms with Gasteiger partial charge in [0.25, 0.3) is 0 Å². The Bertz CT molecular complexity index is 509. The van der Waals surface area contributed by atoms with Gasteiger partial charge in [-0.3, -0.25) is 4.79 Å². The Balaban J connectivity index is 2.53. The summed E-state index contributed by atoms with van der Waals surface area (Å²) in [5.41, 5.74) is 0.673. The van der Waals surface area contributed by atoms with Gasteiger partial charge in [-0.1, -0.05) is 30.0 Å². The van der Waals surface area contributed by atoms with Gasteiger partial charge in [0, 0.05) is 12.2 Å². The van der Waals surface area contributed by atoms with E-state index in [4.69, 9.17) is 9.47 Å². The molecule has 4 nitrogen and oxygen atoms in total. The van der Waals surface area contributed by atoms with Crippen molar-refractivity contribution in [1.82, 2.24) is 0 Å². The van der Waals surface area contributed by atoms with Crippen LogP contribution in [0.3, 0.4) is 0 Å².